The minimum Gasteiger partial charge on any atom is -0.340 e. The van der Waals surface area contributed by atoms with Gasteiger partial charge in [-0.1, -0.05) is 25.4 Å². The summed E-state index contributed by atoms with van der Waals surface area (Å²) in [5.74, 6) is 3.01. The molecule has 0 aliphatic carbocycles. The third kappa shape index (κ3) is 2.63. The van der Waals surface area contributed by atoms with Crippen molar-refractivity contribution < 1.29 is 0 Å². The van der Waals surface area contributed by atoms with Crippen molar-refractivity contribution in [3.63, 3.8) is 0 Å². The number of hydrogen-bond donors (Lipinski definition) is 0. The van der Waals surface area contributed by atoms with Crippen LogP contribution in [0.3, 0.4) is 0 Å². The number of anilines is 1. The van der Waals surface area contributed by atoms with Crippen molar-refractivity contribution >= 4 is 17.5 Å². The number of halogens is 1. The Morgan fingerprint density at radius 3 is 2.60 bits per heavy atom. The van der Waals surface area contributed by atoms with Gasteiger partial charge in [0.15, 0.2) is 0 Å². The molecule has 0 spiro atoms. The van der Waals surface area contributed by atoms with Crippen LogP contribution in [0.5, 0.6) is 0 Å². The van der Waals surface area contributed by atoms with Crippen LogP contribution >= 0.6 is 11.6 Å². The summed E-state index contributed by atoms with van der Waals surface area (Å²) in [4.78, 5) is 15.1. The Morgan fingerprint density at radius 2 is 1.95 bits per heavy atom. The summed E-state index contributed by atoms with van der Waals surface area (Å²) in [6.45, 7) is 7.33. The van der Waals surface area contributed by atoms with E-state index < -0.39 is 0 Å². The summed E-state index contributed by atoms with van der Waals surface area (Å²) in [5.41, 5.74) is 0. The van der Waals surface area contributed by atoms with Crippen LogP contribution in [0.15, 0.2) is 24.8 Å². The van der Waals surface area contributed by atoms with E-state index in [0.29, 0.717) is 16.9 Å². The zero-order valence-corrected chi connectivity index (χ0v) is 12.5. The molecule has 1 saturated heterocycles. The number of hydrogen-bond acceptors (Lipinski definition) is 4. The molecule has 106 valence electrons. The first-order valence-corrected chi connectivity index (χ1v) is 7.25. The van der Waals surface area contributed by atoms with Crippen LogP contribution in [0.2, 0.25) is 5.02 Å². The quantitative estimate of drug-likeness (QED) is 0.869. The molecule has 2 aromatic heterocycles. The molecule has 0 aromatic carbocycles. The average Bonchev–Trinajstić information content (AvgIpc) is 2.83. The predicted octanol–water partition coefficient (Wildman–Crippen LogP) is 2.59. The smallest absolute Gasteiger partial charge is 0.225 e. The molecule has 6 heteroatoms. The van der Waals surface area contributed by atoms with Crippen LogP contribution in [0.25, 0.3) is 0 Å². The van der Waals surface area contributed by atoms with Gasteiger partial charge in [-0.3, -0.25) is 0 Å². The summed E-state index contributed by atoms with van der Waals surface area (Å²) in [6.07, 6.45) is 7.23. The molecule has 0 radical (unpaired) electrons. The predicted molar refractivity (Wildman–Crippen MR) is 79.1 cm³/mol. The second-order valence-electron chi connectivity index (χ2n) is 5.56. The van der Waals surface area contributed by atoms with E-state index in [1.165, 1.54) is 0 Å². The van der Waals surface area contributed by atoms with Gasteiger partial charge in [-0.05, 0) is 0 Å². The van der Waals surface area contributed by atoms with Crippen LogP contribution < -0.4 is 4.90 Å². The van der Waals surface area contributed by atoms with Crippen LogP contribution in [0, 0.1) is 5.92 Å². The fraction of sp³-hybridized carbons (Fsp3) is 0.500. The van der Waals surface area contributed by atoms with Gasteiger partial charge in [-0.15, -0.1) is 0 Å². The average molecular weight is 292 g/mol. The Labute approximate surface area is 123 Å². The lowest BCUT2D eigenvalue weighted by atomic mass is 10.0. The van der Waals surface area contributed by atoms with Gasteiger partial charge in [0, 0.05) is 43.9 Å². The van der Waals surface area contributed by atoms with Gasteiger partial charge in [0.1, 0.15) is 5.82 Å². The molecule has 0 amide bonds. The fourth-order valence-electron chi connectivity index (χ4n) is 2.57. The summed E-state index contributed by atoms with van der Waals surface area (Å²) < 4.78 is 2.26. The molecule has 3 rings (SSSR count). The van der Waals surface area contributed by atoms with Crippen molar-refractivity contribution in [2.24, 2.45) is 5.92 Å². The highest BCUT2D eigenvalue weighted by atomic mass is 35.5. The van der Waals surface area contributed by atoms with Gasteiger partial charge in [-0.25, -0.2) is 15.0 Å². The van der Waals surface area contributed by atoms with Crippen molar-refractivity contribution in [3.05, 3.63) is 35.6 Å². The lowest BCUT2D eigenvalue weighted by Gasteiger charge is -2.39. The fourth-order valence-corrected chi connectivity index (χ4v) is 2.67. The molecular formula is C14H18ClN5. The maximum atomic E-state index is 5.79. The van der Waals surface area contributed by atoms with E-state index in [9.17, 15) is 0 Å². The third-order valence-corrected chi connectivity index (χ3v) is 3.76. The Kier molecular flexibility index (Phi) is 3.61. The molecule has 1 aliphatic heterocycles. The number of aromatic nitrogens is 4. The number of nitrogens with zero attached hydrogens (tertiary/aromatic N) is 5. The van der Waals surface area contributed by atoms with E-state index in [1.807, 2.05) is 6.20 Å². The molecule has 0 atom stereocenters. The van der Waals surface area contributed by atoms with Crippen molar-refractivity contribution in [2.45, 2.75) is 26.3 Å². The number of imidazole rings is 1. The molecule has 2 aromatic rings. The first kappa shape index (κ1) is 13.4. The highest BCUT2D eigenvalue weighted by Gasteiger charge is 2.29. The lowest BCUT2D eigenvalue weighted by Crippen LogP contribution is -2.49. The zero-order valence-electron chi connectivity index (χ0n) is 11.7. The normalized spacial score (nSPS) is 15.7. The van der Waals surface area contributed by atoms with E-state index in [2.05, 4.69) is 44.5 Å². The maximum absolute atomic E-state index is 5.79. The number of rotatable bonds is 4. The standard InChI is InChI=1S/C14H18ClN5/c1-10(2)13-16-3-4-19(13)7-11-8-20(9-11)14-17-5-12(15)6-18-14/h3-6,10-11H,7-9H2,1-2H3. The lowest BCUT2D eigenvalue weighted by molar-refractivity contribution is 0.346. The summed E-state index contributed by atoms with van der Waals surface area (Å²) >= 11 is 5.79. The van der Waals surface area contributed by atoms with E-state index in [1.54, 1.807) is 12.4 Å². The maximum Gasteiger partial charge on any atom is 0.225 e. The summed E-state index contributed by atoms with van der Waals surface area (Å²) in [5, 5.41) is 0.575. The molecule has 0 saturated carbocycles. The third-order valence-electron chi connectivity index (χ3n) is 3.57. The topological polar surface area (TPSA) is 46.8 Å². The van der Waals surface area contributed by atoms with E-state index >= 15 is 0 Å². The molecule has 0 unspecified atom stereocenters. The van der Waals surface area contributed by atoms with Crippen molar-refractivity contribution in [3.8, 4) is 0 Å². The second-order valence-corrected chi connectivity index (χ2v) is 6.00. The molecule has 0 bridgehead atoms. The molecule has 5 nitrogen and oxygen atoms in total. The van der Waals surface area contributed by atoms with E-state index in [0.717, 1.165) is 31.4 Å². The van der Waals surface area contributed by atoms with Crippen LogP contribution in [0.1, 0.15) is 25.6 Å². The zero-order chi connectivity index (χ0) is 14.1. The van der Waals surface area contributed by atoms with Gasteiger partial charge >= 0.3 is 0 Å². The van der Waals surface area contributed by atoms with Crippen molar-refractivity contribution in [1.82, 2.24) is 19.5 Å². The Morgan fingerprint density at radius 1 is 1.25 bits per heavy atom. The van der Waals surface area contributed by atoms with Crippen molar-refractivity contribution in [1.29, 1.82) is 0 Å². The molecular weight excluding hydrogens is 274 g/mol. The minimum absolute atomic E-state index is 0.459. The van der Waals surface area contributed by atoms with E-state index in [-0.39, 0.29) is 0 Å². The van der Waals surface area contributed by atoms with Gasteiger partial charge in [-0.2, -0.15) is 0 Å². The van der Waals surface area contributed by atoms with Crippen molar-refractivity contribution in [2.75, 3.05) is 18.0 Å². The SMILES string of the molecule is CC(C)c1nccn1CC1CN(c2ncc(Cl)cn2)C1. The Bertz CT molecular complexity index is 572. The monoisotopic (exact) mass is 291 g/mol. The molecule has 1 aliphatic rings. The Hall–Kier alpha value is -1.62. The van der Waals surface area contributed by atoms with Crippen LogP contribution in [-0.2, 0) is 6.54 Å². The molecule has 1 fully saturated rings. The van der Waals surface area contributed by atoms with E-state index in [4.69, 9.17) is 11.6 Å². The van der Waals surface area contributed by atoms with Crippen LogP contribution in [-0.4, -0.2) is 32.6 Å². The Balaban J connectivity index is 1.58. The highest BCUT2D eigenvalue weighted by molar-refractivity contribution is 6.30. The highest BCUT2D eigenvalue weighted by Crippen LogP contribution is 2.24. The summed E-state index contributed by atoms with van der Waals surface area (Å²) in [7, 11) is 0. The van der Waals surface area contributed by atoms with Crippen LogP contribution in [0.4, 0.5) is 5.95 Å². The first-order chi connectivity index (χ1) is 9.63. The summed E-state index contributed by atoms with van der Waals surface area (Å²) in [6, 6.07) is 0. The molecule has 20 heavy (non-hydrogen) atoms. The van der Waals surface area contributed by atoms with Gasteiger partial charge in [0.2, 0.25) is 5.95 Å². The largest absolute Gasteiger partial charge is 0.340 e. The second kappa shape index (κ2) is 5.40. The van der Waals surface area contributed by atoms with Gasteiger partial charge in [0.25, 0.3) is 0 Å². The minimum atomic E-state index is 0.459. The molecule has 0 N–H and O–H groups in total. The van der Waals surface area contributed by atoms with Gasteiger partial charge in [0.05, 0.1) is 17.4 Å². The van der Waals surface area contributed by atoms with Gasteiger partial charge < -0.3 is 9.47 Å². The first-order valence-electron chi connectivity index (χ1n) is 6.87. The molecule has 3 heterocycles.